The Morgan fingerprint density at radius 3 is 2.67 bits per heavy atom. The first kappa shape index (κ1) is 9.61. The highest BCUT2D eigenvalue weighted by molar-refractivity contribution is 5.43. The summed E-state index contributed by atoms with van der Waals surface area (Å²) in [6, 6.07) is 7.06. The van der Waals surface area contributed by atoms with Crippen LogP contribution in [0.25, 0.3) is 0 Å². The second-order valence-corrected chi connectivity index (χ2v) is 3.17. The Hall–Kier alpha value is -1.94. The molecule has 2 aromatic rings. The maximum Gasteiger partial charge on any atom is 0.129 e. The monoisotopic (exact) mass is 201 g/mol. The molecule has 4 nitrogen and oxygen atoms in total. The number of nitrogens with zero attached hydrogens (tertiary/aromatic N) is 2. The van der Waals surface area contributed by atoms with Crippen molar-refractivity contribution in [3.8, 4) is 0 Å². The first-order chi connectivity index (χ1) is 7.29. The van der Waals surface area contributed by atoms with Crippen LogP contribution in [0.15, 0.2) is 42.9 Å². The molecule has 0 spiro atoms. The summed E-state index contributed by atoms with van der Waals surface area (Å²) in [6.07, 6.45) is 4.08. The molecule has 0 bridgehead atoms. The third-order valence-corrected chi connectivity index (χ3v) is 2.17. The number of aromatic nitrogens is 2. The van der Waals surface area contributed by atoms with E-state index in [1.165, 1.54) is 0 Å². The number of aliphatic hydroxyl groups is 1. The number of hydrogen-bond donors (Lipinski definition) is 2. The molecule has 0 fully saturated rings. The molecule has 0 saturated carbocycles. The van der Waals surface area contributed by atoms with Crippen LogP contribution in [-0.2, 0) is 0 Å². The summed E-state index contributed by atoms with van der Waals surface area (Å²) in [6.45, 7) is 0. The molecule has 15 heavy (non-hydrogen) atoms. The molecule has 1 atom stereocenters. The van der Waals surface area contributed by atoms with Crippen LogP contribution in [0.5, 0.6) is 0 Å². The van der Waals surface area contributed by atoms with Crippen LogP contribution >= 0.6 is 0 Å². The van der Waals surface area contributed by atoms with Gasteiger partial charge in [-0.15, -0.1) is 0 Å². The average Bonchev–Trinajstić information content (AvgIpc) is 2.30. The molecule has 0 saturated heterocycles. The molecule has 0 amide bonds. The Balaban J connectivity index is 2.37. The highest BCUT2D eigenvalue weighted by Crippen LogP contribution is 2.23. The van der Waals surface area contributed by atoms with Crippen molar-refractivity contribution < 1.29 is 5.11 Å². The van der Waals surface area contributed by atoms with Gasteiger partial charge in [0.25, 0.3) is 0 Å². The van der Waals surface area contributed by atoms with E-state index in [1.807, 2.05) is 0 Å². The van der Waals surface area contributed by atoms with Crippen molar-refractivity contribution in [3.63, 3.8) is 0 Å². The van der Waals surface area contributed by atoms with E-state index in [0.717, 1.165) is 0 Å². The van der Waals surface area contributed by atoms with Gasteiger partial charge in [-0.3, -0.25) is 4.98 Å². The lowest BCUT2D eigenvalue weighted by molar-refractivity contribution is 0.220. The van der Waals surface area contributed by atoms with E-state index in [4.69, 9.17) is 5.73 Å². The number of rotatable bonds is 2. The lowest BCUT2D eigenvalue weighted by Gasteiger charge is -2.11. The quantitative estimate of drug-likeness (QED) is 0.764. The van der Waals surface area contributed by atoms with Crippen molar-refractivity contribution in [2.24, 2.45) is 0 Å². The van der Waals surface area contributed by atoms with Crippen LogP contribution in [0, 0.1) is 0 Å². The molecule has 1 unspecified atom stereocenters. The second kappa shape index (κ2) is 4.06. The molecule has 0 aliphatic carbocycles. The molecule has 0 aliphatic rings. The zero-order valence-corrected chi connectivity index (χ0v) is 8.04. The summed E-state index contributed by atoms with van der Waals surface area (Å²) in [7, 11) is 0. The topological polar surface area (TPSA) is 72.0 Å². The van der Waals surface area contributed by atoms with Crippen molar-refractivity contribution in [2.75, 3.05) is 5.73 Å². The van der Waals surface area contributed by atoms with E-state index in [1.54, 1.807) is 42.9 Å². The molecule has 0 aliphatic heterocycles. The molecular formula is C11H11N3O. The van der Waals surface area contributed by atoms with Crippen LogP contribution in [0.3, 0.4) is 0 Å². The molecule has 4 heteroatoms. The van der Waals surface area contributed by atoms with Gasteiger partial charge in [0, 0.05) is 29.7 Å². The van der Waals surface area contributed by atoms with Gasteiger partial charge >= 0.3 is 0 Å². The van der Waals surface area contributed by atoms with E-state index < -0.39 is 6.10 Å². The first-order valence-corrected chi connectivity index (χ1v) is 4.57. The fourth-order valence-corrected chi connectivity index (χ4v) is 1.38. The fraction of sp³-hybridized carbons (Fsp3) is 0.0909. The summed E-state index contributed by atoms with van der Waals surface area (Å²) in [5, 5.41) is 10.0. The van der Waals surface area contributed by atoms with Crippen molar-refractivity contribution >= 4 is 5.82 Å². The largest absolute Gasteiger partial charge is 0.383 e. The Morgan fingerprint density at radius 1 is 1.20 bits per heavy atom. The number of anilines is 1. The first-order valence-electron chi connectivity index (χ1n) is 4.57. The van der Waals surface area contributed by atoms with Crippen LogP contribution in [0.4, 0.5) is 5.82 Å². The van der Waals surface area contributed by atoms with E-state index in [0.29, 0.717) is 16.9 Å². The van der Waals surface area contributed by atoms with Crippen LogP contribution in [0.2, 0.25) is 0 Å². The summed E-state index contributed by atoms with van der Waals surface area (Å²) in [4.78, 5) is 7.86. The molecular weight excluding hydrogens is 190 g/mol. The lowest BCUT2D eigenvalue weighted by atomic mass is 10.0. The predicted molar refractivity (Wildman–Crippen MR) is 56.9 cm³/mol. The van der Waals surface area contributed by atoms with Crippen molar-refractivity contribution in [3.05, 3.63) is 54.0 Å². The third-order valence-electron chi connectivity index (χ3n) is 2.17. The maximum atomic E-state index is 10.0. The van der Waals surface area contributed by atoms with Gasteiger partial charge < -0.3 is 10.8 Å². The molecule has 2 rings (SSSR count). The molecule has 0 aromatic carbocycles. The number of pyridine rings is 2. The van der Waals surface area contributed by atoms with Gasteiger partial charge in [0.1, 0.15) is 11.9 Å². The van der Waals surface area contributed by atoms with E-state index in [2.05, 4.69) is 9.97 Å². The SMILES string of the molecule is Nc1ncccc1C(O)c1cccnc1. The summed E-state index contributed by atoms with van der Waals surface area (Å²) in [5.74, 6) is 0.342. The van der Waals surface area contributed by atoms with Gasteiger partial charge in [0.2, 0.25) is 0 Å². The maximum absolute atomic E-state index is 10.0. The Morgan fingerprint density at radius 2 is 2.00 bits per heavy atom. The summed E-state index contributed by atoms with van der Waals surface area (Å²) < 4.78 is 0. The van der Waals surface area contributed by atoms with Crippen molar-refractivity contribution in [2.45, 2.75) is 6.10 Å². The van der Waals surface area contributed by atoms with E-state index in [-0.39, 0.29) is 0 Å². The van der Waals surface area contributed by atoms with E-state index in [9.17, 15) is 5.11 Å². The minimum atomic E-state index is -0.771. The van der Waals surface area contributed by atoms with Crippen LogP contribution in [0.1, 0.15) is 17.2 Å². The second-order valence-electron chi connectivity index (χ2n) is 3.17. The minimum absolute atomic E-state index is 0.342. The van der Waals surface area contributed by atoms with Gasteiger partial charge in [-0.1, -0.05) is 12.1 Å². The predicted octanol–water partition coefficient (Wildman–Crippen LogP) is 1.14. The van der Waals surface area contributed by atoms with Gasteiger partial charge in [-0.2, -0.15) is 0 Å². The number of hydrogen-bond acceptors (Lipinski definition) is 4. The molecule has 0 radical (unpaired) electrons. The molecule has 76 valence electrons. The summed E-state index contributed by atoms with van der Waals surface area (Å²) in [5.41, 5.74) is 6.98. The number of aliphatic hydroxyl groups excluding tert-OH is 1. The third kappa shape index (κ3) is 1.94. The number of nitrogens with two attached hydrogens (primary N) is 1. The smallest absolute Gasteiger partial charge is 0.129 e. The van der Waals surface area contributed by atoms with Crippen LogP contribution in [-0.4, -0.2) is 15.1 Å². The standard InChI is InChI=1S/C11H11N3O/c12-11-9(4-2-6-14-11)10(15)8-3-1-5-13-7-8/h1-7,10,15H,(H2,12,14). The zero-order valence-electron chi connectivity index (χ0n) is 8.04. The van der Waals surface area contributed by atoms with Gasteiger partial charge in [-0.25, -0.2) is 4.98 Å². The van der Waals surface area contributed by atoms with Gasteiger partial charge in [-0.05, 0) is 12.1 Å². The molecule has 3 N–H and O–H groups in total. The highest BCUT2D eigenvalue weighted by atomic mass is 16.3. The fourth-order valence-electron chi connectivity index (χ4n) is 1.38. The molecule has 2 heterocycles. The normalized spacial score (nSPS) is 12.3. The minimum Gasteiger partial charge on any atom is -0.383 e. The van der Waals surface area contributed by atoms with Crippen molar-refractivity contribution in [1.29, 1.82) is 0 Å². The Labute approximate surface area is 87.4 Å². The van der Waals surface area contributed by atoms with Gasteiger partial charge in [0.05, 0.1) is 0 Å². The Kier molecular flexibility index (Phi) is 2.60. The summed E-state index contributed by atoms with van der Waals surface area (Å²) >= 11 is 0. The average molecular weight is 201 g/mol. The highest BCUT2D eigenvalue weighted by Gasteiger charge is 2.13. The molecule has 2 aromatic heterocycles. The van der Waals surface area contributed by atoms with Crippen molar-refractivity contribution in [1.82, 2.24) is 9.97 Å². The lowest BCUT2D eigenvalue weighted by Crippen LogP contribution is -2.05. The Bertz CT molecular complexity index is 445. The zero-order chi connectivity index (χ0) is 10.7. The van der Waals surface area contributed by atoms with Gasteiger partial charge in [0.15, 0.2) is 0 Å². The van der Waals surface area contributed by atoms with Crippen LogP contribution < -0.4 is 5.73 Å². The number of nitrogen functional groups attached to an aromatic ring is 1. The van der Waals surface area contributed by atoms with E-state index >= 15 is 0 Å².